The summed E-state index contributed by atoms with van der Waals surface area (Å²) in [4.78, 5) is 23.9. The van der Waals surface area contributed by atoms with Crippen LogP contribution in [0.1, 0.15) is 26.3 Å². The van der Waals surface area contributed by atoms with E-state index in [0.29, 0.717) is 18.8 Å². The molecular weight excluding hydrogens is 358 g/mol. The SMILES string of the molecule is CCOc1ccc(NC(=O)CNC(=O)NCc2ccccc2OC(C)C)cc1. The third kappa shape index (κ3) is 7.19. The van der Waals surface area contributed by atoms with Crippen molar-refractivity contribution in [2.45, 2.75) is 33.4 Å². The van der Waals surface area contributed by atoms with Crippen LogP contribution < -0.4 is 25.4 Å². The van der Waals surface area contributed by atoms with Crippen molar-refractivity contribution >= 4 is 17.6 Å². The van der Waals surface area contributed by atoms with Gasteiger partial charge in [0.05, 0.1) is 19.3 Å². The summed E-state index contributed by atoms with van der Waals surface area (Å²) in [7, 11) is 0. The zero-order valence-corrected chi connectivity index (χ0v) is 16.5. The Bertz CT molecular complexity index is 775. The summed E-state index contributed by atoms with van der Waals surface area (Å²) >= 11 is 0. The number of para-hydroxylation sites is 1. The quantitative estimate of drug-likeness (QED) is 0.618. The lowest BCUT2D eigenvalue weighted by molar-refractivity contribution is -0.115. The van der Waals surface area contributed by atoms with Crippen molar-refractivity contribution in [3.63, 3.8) is 0 Å². The van der Waals surface area contributed by atoms with Crippen molar-refractivity contribution in [3.05, 3.63) is 54.1 Å². The average molecular weight is 385 g/mol. The van der Waals surface area contributed by atoms with Crippen LogP contribution in [0.5, 0.6) is 11.5 Å². The molecule has 7 heteroatoms. The van der Waals surface area contributed by atoms with Crippen molar-refractivity contribution < 1.29 is 19.1 Å². The molecule has 0 aliphatic heterocycles. The Balaban J connectivity index is 1.75. The Morgan fingerprint density at radius 2 is 1.71 bits per heavy atom. The molecule has 0 aliphatic carbocycles. The van der Waals surface area contributed by atoms with Crippen LogP contribution in [0, 0.1) is 0 Å². The number of benzene rings is 2. The zero-order valence-electron chi connectivity index (χ0n) is 16.5. The highest BCUT2D eigenvalue weighted by atomic mass is 16.5. The van der Waals surface area contributed by atoms with Gasteiger partial charge in [0.15, 0.2) is 0 Å². The highest BCUT2D eigenvalue weighted by Crippen LogP contribution is 2.19. The lowest BCUT2D eigenvalue weighted by atomic mass is 10.2. The third-order valence-corrected chi connectivity index (χ3v) is 3.63. The predicted molar refractivity (Wildman–Crippen MR) is 109 cm³/mol. The number of ether oxygens (including phenoxy) is 2. The van der Waals surface area contributed by atoms with Crippen molar-refractivity contribution in [3.8, 4) is 11.5 Å². The van der Waals surface area contributed by atoms with E-state index in [9.17, 15) is 9.59 Å². The van der Waals surface area contributed by atoms with Gasteiger partial charge in [-0.15, -0.1) is 0 Å². The maximum absolute atomic E-state index is 12.0. The molecule has 7 nitrogen and oxygen atoms in total. The molecular formula is C21H27N3O4. The van der Waals surface area contributed by atoms with Crippen molar-refractivity contribution in [1.29, 1.82) is 0 Å². The molecule has 0 unspecified atom stereocenters. The van der Waals surface area contributed by atoms with E-state index in [-0.39, 0.29) is 18.6 Å². The molecule has 0 aliphatic rings. The fraction of sp³-hybridized carbons (Fsp3) is 0.333. The second kappa shape index (κ2) is 10.8. The number of hydrogen-bond acceptors (Lipinski definition) is 4. The summed E-state index contributed by atoms with van der Waals surface area (Å²) in [5, 5.41) is 7.98. The third-order valence-electron chi connectivity index (χ3n) is 3.63. The standard InChI is InChI=1S/C21H27N3O4/c1-4-27-18-11-9-17(10-12-18)24-20(25)14-23-21(26)22-13-16-7-5-6-8-19(16)28-15(2)3/h5-12,15H,4,13-14H2,1-3H3,(H,24,25)(H2,22,23,26). The van der Waals surface area contributed by atoms with E-state index < -0.39 is 6.03 Å². The van der Waals surface area contributed by atoms with Gasteiger partial charge in [-0.05, 0) is 51.1 Å². The number of nitrogens with one attached hydrogen (secondary N) is 3. The van der Waals surface area contributed by atoms with Gasteiger partial charge in [0.25, 0.3) is 0 Å². The molecule has 150 valence electrons. The van der Waals surface area contributed by atoms with Crippen LogP contribution in [0.25, 0.3) is 0 Å². The van der Waals surface area contributed by atoms with Gasteiger partial charge >= 0.3 is 6.03 Å². The van der Waals surface area contributed by atoms with Gasteiger partial charge in [-0.3, -0.25) is 4.79 Å². The van der Waals surface area contributed by atoms with E-state index >= 15 is 0 Å². The molecule has 0 spiro atoms. The molecule has 0 heterocycles. The normalized spacial score (nSPS) is 10.3. The number of hydrogen-bond donors (Lipinski definition) is 3. The minimum Gasteiger partial charge on any atom is -0.494 e. The molecule has 0 bridgehead atoms. The molecule has 2 rings (SSSR count). The first kappa shape index (κ1) is 21.1. The van der Waals surface area contributed by atoms with E-state index in [2.05, 4.69) is 16.0 Å². The van der Waals surface area contributed by atoms with Crippen LogP contribution in [-0.4, -0.2) is 31.2 Å². The summed E-state index contributed by atoms with van der Waals surface area (Å²) in [6.07, 6.45) is 0.0428. The molecule has 0 saturated heterocycles. The van der Waals surface area contributed by atoms with E-state index in [1.807, 2.05) is 45.0 Å². The topological polar surface area (TPSA) is 88.7 Å². The number of rotatable bonds is 9. The maximum Gasteiger partial charge on any atom is 0.315 e. The van der Waals surface area contributed by atoms with E-state index in [1.54, 1.807) is 24.3 Å². The summed E-state index contributed by atoms with van der Waals surface area (Å²) in [5.41, 5.74) is 1.50. The molecule has 2 aromatic carbocycles. The highest BCUT2D eigenvalue weighted by molar-refractivity contribution is 5.94. The van der Waals surface area contributed by atoms with Crippen LogP contribution in [0.2, 0.25) is 0 Å². The van der Waals surface area contributed by atoms with Gasteiger partial charge in [0.2, 0.25) is 5.91 Å². The van der Waals surface area contributed by atoms with Crippen LogP contribution in [0.15, 0.2) is 48.5 Å². The number of carbonyl (C=O) groups is 2. The van der Waals surface area contributed by atoms with E-state index in [4.69, 9.17) is 9.47 Å². The Morgan fingerprint density at radius 1 is 1.00 bits per heavy atom. The zero-order chi connectivity index (χ0) is 20.4. The molecule has 0 fully saturated rings. The second-order valence-corrected chi connectivity index (χ2v) is 6.32. The van der Waals surface area contributed by atoms with Crippen molar-refractivity contribution in [2.75, 3.05) is 18.5 Å². The average Bonchev–Trinajstić information content (AvgIpc) is 2.67. The van der Waals surface area contributed by atoms with Gasteiger partial charge in [-0.25, -0.2) is 4.79 Å². The summed E-state index contributed by atoms with van der Waals surface area (Å²) in [5.74, 6) is 1.15. The van der Waals surface area contributed by atoms with Gasteiger partial charge in [0.1, 0.15) is 11.5 Å². The lowest BCUT2D eigenvalue weighted by Gasteiger charge is -2.15. The Morgan fingerprint density at radius 3 is 2.39 bits per heavy atom. The van der Waals surface area contributed by atoms with E-state index in [0.717, 1.165) is 17.1 Å². The van der Waals surface area contributed by atoms with E-state index in [1.165, 1.54) is 0 Å². The fourth-order valence-corrected chi connectivity index (χ4v) is 2.42. The minimum atomic E-state index is -0.429. The van der Waals surface area contributed by atoms with Crippen LogP contribution in [0.4, 0.5) is 10.5 Å². The maximum atomic E-state index is 12.0. The Hall–Kier alpha value is -3.22. The summed E-state index contributed by atoms with van der Waals surface area (Å²) in [6, 6.07) is 14.1. The molecule has 0 radical (unpaired) electrons. The highest BCUT2D eigenvalue weighted by Gasteiger charge is 2.09. The van der Waals surface area contributed by atoms with Crippen LogP contribution in [0.3, 0.4) is 0 Å². The van der Waals surface area contributed by atoms with Crippen molar-refractivity contribution in [2.24, 2.45) is 0 Å². The first-order valence-corrected chi connectivity index (χ1v) is 9.27. The van der Waals surface area contributed by atoms with Crippen LogP contribution >= 0.6 is 0 Å². The molecule has 0 aromatic heterocycles. The monoisotopic (exact) mass is 385 g/mol. The fourth-order valence-electron chi connectivity index (χ4n) is 2.42. The minimum absolute atomic E-state index is 0.0428. The predicted octanol–water partition coefficient (Wildman–Crippen LogP) is 3.31. The number of anilines is 1. The number of carbonyl (C=O) groups excluding carboxylic acids is 2. The largest absolute Gasteiger partial charge is 0.494 e. The molecule has 28 heavy (non-hydrogen) atoms. The van der Waals surface area contributed by atoms with Gasteiger partial charge in [-0.1, -0.05) is 18.2 Å². The van der Waals surface area contributed by atoms with Gasteiger partial charge in [-0.2, -0.15) is 0 Å². The second-order valence-electron chi connectivity index (χ2n) is 6.32. The Kier molecular flexibility index (Phi) is 8.14. The van der Waals surface area contributed by atoms with Crippen LogP contribution in [-0.2, 0) is 11.3 Å². The van der Waals surface area contributed by atoms with Gasteiger partial charge < -0.3 is 25.4 Å². The van der Waals surface area contributed by atoms with Crippen molar-refractivity contribution in [1.82, 2.24) is 10.6 Å². The summed E-state index contributed by atoms with van der Waals surface area (Å²) < 4.78 is 11.1. The van der Waals surface area contributed by atoms with Gasteiger partial charge in [0, 0.05) is 17.8 Å². The number of urea groups is 1. The Labute approximate surface area is 165 Å². The molecule has 3 N–H and O–H groups in total. The first-order valence-electron chi connectivity index (χ1n) is 9.27. The summed E-state index contributed by atoms with van der Waals surface area (Å²) in [6.45, 7) is 6.54. The molecule has 3 amide bonds. The first-order chi connectivity index (χ1) is 13.5. The molecule has 2 aromatic rings. The number of amides is 3. The smallest absolute Gasteiger partial charge is 0.315 e. The lowest BCUT2D eigenvalue weighted by Crippen LogP contribution is -2.39. The molecule has 0 atom stereocenters. The molecule has 0 saturated carbocycles.